The number of esters is 1. The van der Waals surface area contributed by atoms with Crippen molar-refractivity contribution in [2.75, 3.05) is 14.2 Å². The topological polar surface area (TPSA) is 38.3 Å². The van der Waals surface area contributed by atoms with E-state index in [1.54, 1.807) is 14.0 Å². The molecule has 0 aliphatic rings. The quantitative estimate of drug-likeness (QED) is 0.334. The van der Waals surface area contributed by atoms with Crippen LogP contribution < -0.4 is 5.32 Å². The van der Waals surface area contributed by atoms with Crippen LogP contribution in [-0.4, -0.2) is 49.7 Å². The van der Waals surface area contributed by atoms with Gasteiger partial charge in [-0.3, -0.25) is 0 Å². The zero-order chi connectivity index (χ0) is 7.28. The number of hydrogen-bond acceptors (Lipinski definition) is 3. The molecule has 0 aromatic heterocycles. The van der Waals surface area contributed by atoms with E-state index in [1.165, 1.54) is 13.2 Å². The molecule has 0 heterocycles. The van der Waals surface area contributed by atoms with E-state index < -0.39 is 0 Å². The van der Waals surface area contributed by atoms with Crippen molar-refractivity contribution < 1.29 is 9.53 Å². The summed E-state index contributed by atoms with van der Waals surface area (Å²) >= 11 is 0. The van der Waals surface area contributed by atoms with Crippen LogP contribution in [0.1, 0.15) is 6.92 Å². The second kappa shape index (κ2) is 7.12. The minimum absolute atomic E-state index is 0. The number of carbonyl (C=O) groups excluding carboxylic acids is 1. The Labute approximate surface area is 83.1 Å². The molecule has 0 radical (unpaired) electrons. The number of rotatable bonds is 2. The standard InChI is InChI=1S/C6H11NO2.Na.H/c1-5(7-2)4-6(8)9-3;;/h4,7H,1-3H3;;. The van der Waals surface area contributed by atoms with Crippen LogP contribution >= 0.6 is 0 Å². The van der Waals surface area contributed by atoms with Gasteiger partial charge >= 0.3 is 35.5 Å². The molecule has 0 amide bonds. The van der Waals surface area contributed by atoms with Crippen molar-refractivity contribution in [1.29, 1.82) is 0 Å². The van der Waals surface area contributed by atoms with Gasteiger partial charge in [0.25, 0.3) is 0 Å². The van der Waals surface area contributed by atoms with Crippen LogP contribution in [0.2, 0.25) is 0 Å². The Kier molecular flexibility index (Phi) is 9.02. The summed E-state index contributed by atoms with van der Waals surface area (Å²) in [6.45, 7) is 1.79. The van der Waals surface area contributed by atoms with Gasteiger partial charge in [0, 0.05) is 18.8 Å². The van der Waals surface area contributed by atoms with Gasteiger partial charge in [-0.25, -0.2) is 4.79 Å². The Morgan fingerprint density at radius 1 is 1.60 bits per heavy atom. The van der Waals surface area contributed by atoms with E-state index in [0.717, 1.165) is 5.70 Å². The fourth-order valence-electron chi connectivity index (χ4n) is 0.308. The van der Waals surface area contributed by atoms with Gasteiger partial charge in [0.15, 0.2) is 0 Å². The number of methoxy groups -OCH3 is 1. The van der Waals surface area contributed by atoms with Crippen LogP contribution in [0.25, 0.3) is 0 Å². The molecule has 0 aromatic rings. The van der Waals surface area contributed by atoms with Gasteiger partial charge in [0.1, 0.15) is 0 Å². The Balaban J connectivity index is 0. The Hall–Kier alpha value is 0.0100. The maximum atomic E-state index is 10.4. The zero-order valence-electron chi connectivity index (χ0n) is 5.89. The molecule has 4 heteroatoms. The molecule has 0 saturated carbocycles. The van der Waals surface area contributed by atoms with Gasteiger partial charge in [-0.2, -0.15) is 0 Å². The summed E-state index contributed by atoms with van der Waals surface area (Å²) in [4.78, 5) is 10.4. The van der Waals surface area contributed by atoms with Gasteiger partial charge in [-0.15, -0.1) is 0 Å². The summed E-state index contributed by atoms with van der Waals surface area (Å²) in [6, 6.07) is 0. The van der Waals surface area contributed by atoms with Crippen LogP contribution in [0, 0.1) is 0 Å². The molecule has 0 spiro atoms. The molecule has 0 fully saturated rings. The molecule has 3 nitrogen and oxygen atoms in total. The van der Waals surface area contributed by atoms with Crippen molar-refractivity contribution in [3.8, 4) is 0 Å². The first-order valence-corrected chi connectivity index (χ1v) is 2.64. The molecule has 0 bridgehead atoms. The van der Waals surface area contributed by atoms with Gasteiger partial charge < -0.3 is 10.1 Å². The van der Waals surface area contributed by atoms with E-state index in [2.05, 4.69) is 10.1 Å². The second-order valence-electron chi connectivity index (χ2n) is 1.60. The minimum atomic E-state index is -0.332. The summed E-state index contributed by atoms with van der Waals surface area (Å²) in [5.41, 5.74) is 0.793. The van der Waals surface area contributed by atoms with Crippen LogP contribution in [0.5, 0.6) is 0 Å². The third-order valence-corrected chi connectivity index (χ3v) is 0.930. The second-order valence-corrected chi connectivity index (χ2v) is 1.60. The molecule has 1 N–H and O–H groups in total. The summed E-state index contributed by atoms with van der Waals surface area (Å²) in [6.07, 6.45) is 1.39. The summed E-state index contributed by atoms with van der Waals surface area (Å²) in [5, 5.41) is 2.79. The number of allylic oxidation sites excluding steroid dienone is 1. The van der Waals surface area contributed by atoms with Crippen molar-refractivity contribution in [1.82, 2.24) is 5.32 Å². The molecule has 10 heavy (non-hydrogen) atoms. The van der Waals surface area contributed by atoms with Crippen LogP contribution in [0.4, 0.5) is 0 Å². The predicted molar refractivity (Wildman–Crippen MR) is 42.0 cm³/mol. The van der Waals surface area contributed by atoms with Crippen LogP contribution in [0.15, 0.2) is 11.8 Å². The summed E-state index contributed by atoms with van der Waals surface area (Å²) in [7, 11) is 3.09. The molecule has 0 saturated heterocycles. The molecule has 0 atom stereocenters. The van der Waals surface area contributed by atoms with Gasteiger partial charge in [0.2, 0.25) is 0 Å². The number of carbonyl (C=O) groups is 1. The third kappa shape index (κ3) is 6.13. The van der Waals surface area contributed by atoms with Crippen LogP contribution in [0.3, 0.4) is 0 Å². The monoisotopic (exact) mass is 153 g/mol. The normalized spacial score (nSPS) is 9.70. The number of hydrogen-bond donors (Lipinski definition) is 1. The fourth-order valence-corrected chi connectivity index (χ4v) is 0.308. The average molecular weight is 153 g/mol. The molecular formula is C6H12NNaO2. The van der Waals surface area contributed by atoms with E-state index in [0.29, 0.717) is 0 Å². The van der Waals surface area contributed by atoms with Crippen LogP contribution in [-0.2, 0) is 9.53 Å². The molecular weight excluding hydrogens is 141 g/mol. The van der Waals surface area contributed by atoms with E-state index in [9.17, 15) is 4.79 Å². The van der Waals surface area contributed by atoms with Gasteiger partial charge in [-0.05, 0) is 6.92 Å². The van der Waals surface area contributed by atoms with E-state index in [1.807, 2.05) is 0 Å². The van der Waals surface area contributed by atoms with Crippen molar-refractivity contribution >= 4 is 35.5 Å². The van der Waals surface area contributed by atoms with Gasteiger partial charge in [-0.1, -0.05) is 0 Å². The summed E-state index contributed by atoms with van der Waals surface area (Å²) < 4.78 is 4.37. The SMILES string of the molecule is CNC(C)=CC(=O)OC.[NaH]. The first-order valence-electron chi connectivity index (χ1n) is 2.64. The molecule has 0 aliphatic heterocycles. The third-order valence-electron chi connectivity index (χ3n) is 0.930. The van der Waals surface area contributed by atoms with Crippen molar-refractivity contribution in [2.24, 2.45) is 0 Å². The number of ether oxygens (including phenoxy) is 1. The predicted octanol–water partition coefficient (Wildman–Crippen LogP) is -0.366. The Bertz CT molecular complexity index is 134. The molecule has 0 unspecified atom stereocenters. The number of nitrogens with one attached hydrogen (secondary N) is 1. The molecule has 0 aromatic carbocycles. The fraction of sp³-hybridized carbons (Fsp3) is 0.500. The van der Waals surface area contributed by atoms with Crippen molar-refractivity contribution in [3.63, 3.8) is 0 Å². The Morgan fingerprint density at radius 3 is 2.40 bits per heavy atom. The van der Waals surface area contributed by atoms with E-state index in [-0.39, 0.29) is 35.5 Å². The summed E-state index contributed by atoms with van der Waals surface area (Å²) in [5.74, 6) is -0.332. The van der Waals surface area contributed by atoms with Gasteiger partial charge in [0.05, 0.1) is 7.11 Å². The zero-order valence-corrected chi connectivity index (χ0v) is 5.89. The van der Waals surface area contributed by atoms with E-state index in [4.69, 9.17) is 0 Å². The van der Waals surface area contributed by atoms with E-state index >= 15 is 0 Å². The molecule has 0 rings (SSSR count). The van der Waals surface area contributed by atoms with Crippen molar-refractivity contribution in [2.45, 2.75) is 6.92 Å². The average Bonchev–Trinajstić information content (AvgIpc) is 1.87. The van der Waals surface area contributed by atoms with Crippen molar-refractivity contribution in [3.05, 3.63) is 11.8 Å². The first kappa shape index (κ1) is 12.7. The first-order chi connectivity index (χ1) is 4.20. The Morgan fingerprint density at radius 2 is 2.10 bits per heavy atom. The molecule has 54 valence electrons. The maximum absolute atomic E-state index is 10.4. The molecule has 0 aliphatic carbocycles.